The molecule has 0 atom stereocenters. The number of amides is 2. The van der Waals surface area contributed by atoms with Crippen molar-refractivity contribution in [2.75, 3.05) is 29.9 Å². The molecule has 0 spiro atoms. The Balaban J connectivity index is 1.46. The summed E-state index contributed by atoms with van der Waals surface area (Å²) in [6.45, 7) is 10.3. The molecule has 0 radical (unpaired) electrons. The fraction of sp³-hybridized carbons (Fsp3) is 0.333. The number of carbonyl (C=O) groups is 2. The molecular weight excluding hydrogens is 514 g/mol. The van der Waals surface area contributed by atoms with E-state index >= 15 is 0 Å². The van der Waals surface area contributed by atoms with E-state index in [0.717, 1.165) is 33.5 Å². The minimum Gasteiger partial charge on any atom is -0.314 e. The van der Waals surface area contributed by atoms with Gasteiger partial charge in [-0.3, -0.25) is 24.3 Å². The molecule has 5 rings (SSSR count). The van der Waals surface area contributed by atoms with Gasteiger partial charge in [0, 0.05) is 63.7 Å². The number of hydrogen-bond acceptors (Lipinski definition) is 5. The van der Waals surface area contributed by atoms with E-state index in [4.69, 9.17) is 0 Å². The number of aromatic nitrogens is 2. The van der Waals surface area contributed by atoms with Gasteiger partial charge in [-0.05, 0) is 80.1 Å². The van der Waals surface area contributed by atoms with Crippen LogP contribution < -0.4 is 15.4 Å². The van der Waals surface area contributed by atoms with Crippen LogP contribution >= 0.6 is 0 Å². The molecule has 0 fully saturated rings. The molecule has 0 saturated carbocycles. The van der Waals surface area contributed by atoms with Gasteiger partial charge in [0.15, 0.2) is 0 Å². The topological polar surface area (TPSA) is 78.8 Å². The number of carbonyl (C=O) groups excluding carboxylic acids is 2. The van der Waals surface area contributed by atoms with Crippen LogP contribution in [-0.4, -0.2) is 46.4 Å². The van der Waals surface area contributed by atoms with Crippen LogP contribution in [0.4, 0.5) is 11.4 Å². The smallest absolute Gasteiger partial charge is 0.258 e. The molecule has 1 aliphatic heterocycles. The van der Waals surface area contributed by atoms with Crippen LogP contribution in [0.15, 0.2) is 78.0 Å². The first kappa shape index (κ1) is 28.2. The molecule has 0 bridgehead atoms. The molecule has 8 nitrogen and oxygen atoms in total. The quantitative estimate of drug-likeness (QED) is 0.295. The van der Waals surface area contributed by atoms with Crippen molar-refractivity contribution in [2.45, 2.75) is 47.3 Å². The molecule has 2 aromatic carbocycles. The lowest BCUT2D eigenvalue weighted by atomic mass is 9.90. The van der Waals surface area contributed by atoms with Crippen LogP contribution in [0.3, 0.4) is 0 Å². The Morgan fingerprint density at radius 3 is 2.46 bits per heavy atom. The maximum Gasteiger partial charge on any atom is 0.258 e. The summed E-state index contributed by atoms with van der Waals surface area (Å²) in [5.41, 5.74) is 3.58. The second-order valence-corrected chi connectivity index (χ2v) is 11.3. The van der Waals surface area contributed by atoms with E-state index in [-0.39, 0.29) is 17.4 Å². The van der Waals surface area contributed by atoms with E-state index in [9.17, 15) is 14.4 Å². The van der Waals surface area contributed by atoms with E-state index in [1.54, 1.807) is 41.5 Å². The third kappa shape index (κ3) is 5.39. The van der Waals surface area contributed by atoms with Crippen molar-refractivity contribution in [3.63, 3.8) is 0 Å². The van der Waals surface area contributed by atoms with Crippen LogP contribution in [-0.2, 0) is 29.2 Å². The highest BCUT2D eigenvalue weighted by atomic mass is 16.2. The largest absolute Gasteiger partial charge is 0.314 e. The van der Waals surface area contributed by atoms with E-state index < -0.39 is 5.41 Å². The van der Waals surface area contributed by atoms with Crippen LogP contribution in [0.1, 0.15) is 37.5 Å². The molecule has 212 valence electrons. The number of pyridine rings is 2. The molecule has 1 aliphatic rings. The Kier molecular flexibility index (Phi) is 7.78. The fourth-order valence-electron chi connectivity index (χ4n) is 5.58. The van der Waals surface area contributed by atoms with E-state index in [2.05, 4.69) is 16.8 Å². The zero-order chi connectivity index (χ0) is 29.3. The van der Waals surface area contributed by atoms with Gasteiger partial charge in [0.1, 0.15) is 5.41 Å². The molecule has 0 aliphatic carbocycles. The maximum atomic E-state index is 13.3. The maximum absolute atomic E-state index is 13.3. The van der Waals surface area contributed by atoms with E-state index in [1.807, 2.05) is 73.9 Å². The lowest BCUT2D eigenvalue weighted by molar-refractivity contribution is -0.137. The normalized spacial score (nSPS) is 15.0. The molecule has 2 aromatic heterocycles. The number of benzene rings is 2. The molecule has 0 saturated heterocycles. The highest BCUT2D eigenvalue weighted by Crippen LogP contribution is 2.39. The van der Waals surface area contributed by atoms with Gasteiger partial charge >= 0.3 is 0 Å². The lowest BCUT2D eigenvalue weighted by Crippen LogP contribution is -2.47. The number of fused-ring (bicyclic) bond motifs is 2. The average molecular weight is 552 g/mol. The van der Waals surface area contributed by atoms with Gasteiger partial charge in [0.25, 0.3) is 5.56 Å². The van der Waals surface area contributed by atoms with Crippen molar-refractivity contribution in [2.24, 2.45) is 5.41 Å². The van der Waals surface area contributed by atoms with Gasteiger partial charge in [-0.25, -0.2) is 0 Å². The molecule has 0 N–H and O–H groups in total. The molecule has 3 heterocycles. The van der Waals surface area contributed by atoms with Crippen molar-refractivity contribution in [1.82, 2.24) is 14.5 Å². The number of anilines is 2. The summed E-state index contributed by atoms with van der Waals surface area (Å²) >= 11 is 0. The summed E-state index contributed by atoms with van der Waals surface area (Å²) in [6.07, 6.45) is 5.54. The molecule has 4 aromatic rings. The standard InChI is InChI=1S/C33H37N5O3/c1-6-38-28-12-11-24(19-29(28)35(5)31(40)33(3,4)32(38)41)21-36(22-26-20-34-15-13-23(26)2)17-18-37-16-14-25-9-7-8-10-27(25)30(37)39/h7-16,19-20H,6,17-18,21-22H2,1-5H3. The predicted octanol–water partition coefficient (Wildman–Crippen LogP) is 4.76. The van der Waals surface area contributed by atoms with Crippen LogP contribution in [0.25, 0.3) is 10.8 Å². The molecule has 41 heavy (non-hydrogen) atoms. The Labute approximate surface area is 240 Å². The zero-order valence-electron chi connectivity index (χ0n) is 24.4. The molecule has 2 amide bonds. The number of hydrogen-bond donors (Lipinski definition) is 0. The van der Waals surface area contributed by atoms with Gasteiger partial charge in [-0.15, -0.1) is 0 Å². The van der Waals surface area contributed by atoms with Gasteiger partial charge in [0.2, 0.25) is 11.8 Å². The third-order valence-corrected chi connectivity index (χ3v) is 8.12. The zero-order valence-corrected chi connectivity index (χ0v) is 24.4. The summed E-state index contributed by atoms with van der Waals surface area (Å²) in [5, 5.41) is 1.64. The van der Waals surface area contributed by atoms with Crippen LogP contribution in [0.5, 0.6) is 0 Å². The summed E-state index contributed by atoms with van der Waals surface area (Å²) in [5.74, 6) is -0.423. The second-order valence-electron chi connectivity index (χ2n) is 11.3. The molecule has 0 unspecified atom stereocenters. The average Bonchev–Trinajstić information content (AvgIpc) is 3.02. The lowest BCUT2D eigenvalue weighted by Gasteiger charge is -2.27. The van der Waals surface area contributed by atoms with Gasteiger partial charge in [-0.2, -0.15) is 0 Å². The Morgan fingerprint density at radius 1 is 0.927 bits per heavy atom. The number of nitrogens with zero attached hydrogens (tertiary/aromatic N) is 5. The summed E-state index contributed by atoms with van der Waals surface area (Å²) < 4.78 is 1.77. The van der Waals surface area contributed by atoms with Crippen molar-refractivity contribution in [3.05, 3.63) is 100 Å². The summed E-state index contributed by atoms with van der Waals surface area (Å²) in [4.78, 5) is 49.7. The highest BCUT2D eigenvalue weighted by molar-refractivity contribution is 6.19. The first-order valence-electron chi connectivity index (χ1n) is 14.0. The Bertz CT molecular complexity index is 1680. The number of rotatable bonds is 8. The SMILES string of the molecule is CCN1C(=O)C(C)(C)C(=O)N(C)c2cc(CN(CCn3ccc4ccccc4c3=O)Cc3cnccc3C)ccc21. The van der Waals surface area contributed by atoms with Crippen molar-refractivity contribution in [1.29, 1.82) is 0 Å². The number of aryl methyl sites for hydroxylation is 1. The predicted molar refractivity (Wildman–Crippen MR) is 163 cm³/mol. The summed E-state index contributed by atoms with van der Waals surface area (Å²) in [7, 11) is 1.74. The van der Waals surface area contributed by atoms with Gasteiger partial charge in [-0.1, -0.05) is 24.3 Å². The van der Waals surface area contributed by atoms with Crippen LogP contribution in [0.2, 0.25) is 0 Å². The Morgan fingerprint density at radius 2 is 1.71 bits per heavy atom. The van der Waals surface area contributed by atoms with E-state index in [1.165, 1.54) is 0 Å². The highest BCUT2D eigenvalue weighted by Gasteiger charge is 2.45. The second kappa shape index (κ2) is 11.3. The first-order chi connectivity index (χ1) is 19.6. The third-order valence-electron chi connectivity index (χ3n) is 8.12. The Hall–Kier alpha value is -4.30. The van der Waals surface area contributed by atoms with Crippen molar-refractivity contribution in [3.8, 4) is 0 Å². The first-order valence-corrected chi connectivity index (χ1v) is 14.0. The minimum absolute atomic E-state index is 0.00212. The minimum atomic E-state index is -1.15. The van der Waals surface area contributed by atoms with Gasteiger partial charge < -0.3 is 14.4 Å². The van der Waals surface area contributed by atoms with Crippen LogP contribution in [0, 0.1) is 12.3 Å². The van der Waals surface area contributed by atoms with Crippen molar-refractivity contribution < 1.29 is 9.59 Å². The van der Waals surface area contributed by atoms with E-state index in [0.29, 0.717) is 38.1 Å². The molecule has 8 heteroatoms. The molecular formula is C33H37N5O3. The monoisotopic (exact) mass is 551 g/mol. The van der Waals surface area contributed by atoms with Crippen molar-refractivity contribution >= 4 is 34.0 Å². The summed E-state index contributed by atoms with van der Waals surface area (Å²) in [6, 6.07) is 17.6. The van der Waals surface area contributed by atoms with Gasteiger partial charge in [0.05, 0.1) is 11.4 Å². The fourth-order valence-corrected chi connectivity index (χ4v) is 5.58.